The van der Waals surface area contributed by atoms with E-state index >= 15 is 0 Å². The van der Waals surface area contributed by atoms with Crippen molar-refractivity contribution in [2.75, 3.05) is 0 Å². The van der Waals surface area contributed by atoms with Crippen LogP contribution in [0.25, 0.3) is 0 Å². The van der Waals surface area contributed by atoms with E-state index in [0.717, 1.165) is 12.8 Å². The van der Waals surface area contributed by atoms with Gasteiger partial charge in [-0.15, -0.1) is 0 Å². The van der Waals surface area contributed by atoms with Gasteiger partial charge < -0.3 is 0 Å². The lowest BCUT2D eigenvalue weighted by Crippen LogP contribution is -1.92. The lowest BCUT2D eigenvalue weighted by Gasteiger charge is -2.04. The maximum Gasteiger partial charge on any atom is 0.0270 e. The van der Waals surface area contributed by atoms with E-state index in [1.165, 1.54) is 21.1 Å². The summed E-state index contributed by atoms with van der Waals surface area (Å²) < 4.78 is 1.37. The third kappa shape index (κ3) is 3.30. The van der Waals surface area contributed by atoms with Crippen molar-refractivity contribution >= 4 is 22.6 Å². The average molecular weight is 323 g/mol. The quantitative estimate of drug-likeness (QED) is 0.779. The average Bonchev–Trinajstić information content (AvgIpc) is 2.33. The van der Waals surface area contributed by atoms with Crippen LogP contribution in [0.1, 0.15) is 17.5 Å². The third-order valence-corrected chi connectivity index (χ3v) is 3.67. The standard InChI is InChI=1S/C14H14IN/c15-14-7-2-1-5-13(14)6-3-4-12-8-10-16-11-9-12/h1-2,5,7-11H,3-4,6H2. The second-order valence-electron chi connectivity index (χ2n) is 3.80. The summed E-state index contributed by atoms with van der Waals surface area (Å²) in [5, 5.41) is 0. The minimum atomic E-state index is 1.13. The fourth-order valence-electron chi connectivity index (χ4n) is 1.73. The van der Waals surface area contributed by atoms with E-state index in [-0.39, 0.29) is 0 Å². The van der Waals surface area contributed by atoms with Crippen molar-refractivity contribution in [1.29, 1.82) is 0 Å². The normalized spacial score (nSPS) is 10.3. The second-order valence-corrected chi connectivity index (χ2v) is 4.96. The van der Waals surface area contributed by atoms with Crippen LogP contribution in [-0.4, -0.2) is 4.98 Å². The van der Waals surface area contributed by atoms with Gasteiger partial charge in [0.2, 0.25) is 0 Å². The van der Waals surface area contributed by atoms with Crippen LogP contribution in [0.3, 0.4) is 0 Å². The molecule has 0 N–H and O–H groups in total. The Bertz CT molecular complexity index is 439. The smallest absolute Gasteiger partial charge is 0.0270 e. The maximum absolute atomic E-state index is 4.02. The van der Waals surface area contributed by atoms with Crippen LogP contribution in [0, 0.1) is 3.57 Å². The topological polar surface area (TPSA) is 12.9 Å². The summed E-state index contributed by atoms with van der Waals surface area (Å²) in [7, 11) is 0. The van der Waals surface area contributed by atoms with Crippen molar-refractivity contribution in [1.82, 2.24) is 4.98 Å². The number of rotatable bonds is 4. The molecule has 0 saturated carbocycles. The SMILES string of the molecule is Ic1ccccc1CCCc1ccncc1. The summed E-state index contributed by atoms with van der Waals surface area (Å²) in [6.45, 7) is 0. The number of hydrogen-bond acceptors (Lipinski definition) is 1. The molecule has 1 heterocycles. The fraction of sp³-hybridized carbons (Fsp3) is 0.214. The zero-order chi connectivity index (χ0) is 11.2. The van der Waals surface area contributed by atoms with Crippen LogP contribution in [0.5, 0.6) is 0 Å². The van der Waals surface area contributed by atoms with Crippen molar-refractivity contribution in [2.24, 2.45) is 0 Å². The van der Waals surface area contributed by atoms with Gasteiger partial charge in [0.25, 0.3) is 0 Å². The molecule has 0 aliphatic rings. The fourth-order valence-corrected chi connectivity index (χ4v) is 2.39. The molecule has 0 aliphatic carbocycles. The summed E-state index contributed by atoms with van der Waals surface area (Å²) in [5.41, 5.74) is 2.83. The molecule has 16 heavy (non-hydrogen) atoms. The van der Waals surface area contributed by atoms with Crippen molar-refractivity contribution in [3.63, 3.8) is 0 Å². The number of pyridine rings is 1. The summed E-state index contributed by atoms with van der Waals surface area (Å²) in [5.74, 6) is 0. The van der Waals surface area contributed by atoms with E-state index in [9.17, 15) is 0 Å². The molecule has 1 aromatic carbocycles. The molecule has 0 spiro atoms. The molecule has 2 rings (SSSR count). The Morgan fingerprint density at radius 3 is 2.44 bits per heavy atom. The van der Waals surface area contributed by atoms with Gasteiger partial charge in [0.1, 0.15) is 0 Å². The molecular formula is C14H14IN. The summed E-state index contributed by atoms with van der Waals surface area (Å²) in [6, 6.07) is 12.8. The Balaban J connectivity index is 1.87. The predicted molar refractivity (Wildman–Crippen MR) is 75.4 cm³/mol. The van der Waals surface area contributed by atoms with Gasteiger partial charge in [0, 0.05) is 16.0 Å². The first kappa shape index (κ1) is 11.6. The first-order valence-electron chi connectivity index (χ1n) is 5.48. The van der Waals surface area contributed by atoms with Gasteiger partial charge in [0.05, 0.1) is 0 Å². The molecule has 1 nitrogen and oxygen atoms in total. The van der Waals surface area contributed by atoms with Gasteiger partial charge in [-0.25, -0.2) is 0 Å². The first-order valence-corrected chi connectivity index (χ1v) is 6.56. The highest BCUT2D eigenvalue weighted by Gasteiger charge is 1.98. The van der Waals surface area contributed by atoms with E-state index in [0.29, 0.717) is 0 Å². The molecule has 0 unspecified atom stereocenters. The van der Waals surface area contributed by atoms with Gasteiger partial charge in [-0.1, -0.05) is 18.2 Å². The Kier molecular flexibility index (Phi) is 4.34. The van der Waals surface area contributed by atoms with Gasteiger partial charge in [0.15, 0.2) is 0 Å². The molecule has 0 amide bonds. The number of aryl methyl sites for hydroxylation is 2. The minimum Gasteiger partial charge on any atom is -0.265 e. The van der Waals surface area contributed by atoms with Gasteiger partial charge in [-0.05, 0) is 71.2 Å². The Hall–Kier alpha value is -0.900. The van der Waals surface area contributed by atoms with Crippen LogP contribution in [-0.2, 0) is 12.8 Å². The molecule has 0 fully saturated rings. The highest BCUT2D eigenvalue weighted by Crippen LogP contribution is 2.14. The van der Waals surface area contributed by atoms with Crippen molar-refractivity contribution < 1.29 is 0 Å². The zero-order valence-electron chi connectivity index (χ0n) is 9.07. The predicted octanol–water partition coefficient (Wildman–Crippen LogP) is 3.86. The lowest BCUT2D eigenvalue weighted by atomic mass is 10.1. The monoisotopic (exact) mass is 323 g/mol. The summed E-state index contributed by atoms with van der Waals surface area (Å²) in [6.07, 6.45) is 7.21. The van der Waals surface area contributed by atoms with Gasteiger partial charge >= 0.3 is 0 Å². The number of hydrogen-bond donors (Lipinski definition) is 0. The van der Waals surface area contributed by atoms with Crippen LogP contribution < -0.4 is 0 Å². The second kappa shape index (κ2) is 5.99. The molecule has 0 aliphatic heterocycles. The highest BCUT2D eigenvalue weighted by atomic mass is 127. The zero-order valence-corrected chi connectivity index (χ0v) is 11.2. The van der Waals surface area contributed by atoms with E-state index in [4.69, 9.17) is 0 Å². The third-order valence-electron chi connectivity index (χ3n) is 2.62. The molecule has 2 aromatic rings. The number of benzene rings is 1. The Labute approximate surface area is 110 Å². The van der Waals surface area contributed by atoms with Crippen molar-refractivity contribution in [3.8, 4) is 0 Å². The molecule has 0 saturated heterocycles. The van der Waals surface area contributed by atoms with E-state index in [1.54, 1.807) is 0 Å². The van der Waals surface area contributed by atoms with E-state index in [1.807, 2.05) is 12.4 Å². The molecular weight excluding hydrogens is 309 g/mol. The van der Waals surface area contributed by atoms with Crippen molar-refractivity contribution in [3.05, 3.63) is 63.5 Å². The van der Waals surface area contributed by atoms with Crippen LogP contribution in [0.4, 0.5) is 0 Å². The summed E-state index contributed by atoms with van der Waals surface area (Å²) >= 11 is 2.40. The van der Waals surface area contributed by atoms with Gasteiger partial charge in [-0.2, -0.15) is 0 Å². The van der Waals surface area contributed by atoms with Crippen LogP contribution in [0.15, 0.2) is 48.8 Å². The molecule has 1 aromatic heterocycles. The molecule has 82 valence electrons. The van der Waals surface area contributed by atoms with Crippen LogP contribution in [0.2, 0.25) is 0 Å². The molecule has 0 atom stereocenters. The molecule has 2 heteroatoms. The largest absolute Gasteiger partial charge is 0.265 e. The number of halogens is 1. The first-order chi connectivity index (χ1) is 7.86. The van der Waals surface area contributed by atoms with Crippen molar-refractivity contribution in [2.45, 2.75) is 19.3 Å². The Morgan fingerprint density at radius 2 is 1.69 bits per heavy atom. The van der Waals surface area contributed by atoms with E-state index < -0.39 is 0 Å². The lowest BCUT2D eigenvalue weighted by molar-refractivity contribution is 0.816. The molecule has 0 bridgehead atoms. The highest BCUT2D eigenvalue weighted by molar-refractivity contribution is 14.1. The number of nitrogens with zero attached hydrogens (tertiary/aromatic N) is 1. The summed E-state index contributed by atoms with van der Waals surface area (Å²) in [4.78, 5) is 4.02. The van der Waals surface area contributed by atoms with E-state index in [2.05, 4.69) is 64.0 Å². The molecule has 0 radical (unpaired) electrons. The maximum atomic E-state index is 4.02. The Morgan fingerprint density at radius 1 is 0.938 bits per heavy atom. The minimum absolute atomic E-state index is 1.13. The van der Waals surface area contributed by atoms with Gasteiger partial charge in [-0.3, -0.25) is 4.98 Å². The number of aromatic nitrogens is 1. The van der Waals surface area contributed by atoms with Crippen LogP contribution >= 0.6 is 22.6 Å².